The van der Waals surface area contributed by atoms with Gasteiger partial charge in [-0.2, -0.15) is 0 Å². The number of hydrogen-bond donors (Lipinski definition) is 2. The minimum absolute atomic E-state index is 0.172. The fraction of sp³-hybridized carbons (Fsp3) is 0.643. The second-order valence-electron chi connectivity index (χ2n) is 5.22. The molecule has 1 aliphatic rings. The van der Waals surface area contributed by atoms with Crippen molar-refractivity contribution in [3.8, 4) is 0 Å². The van der Waals surface area contributed by atoms with Gasteiger partial charge in [-0.15, -0.1) is 0 Å². The van der Waals surface area contributed by atoms with Crippen molar-refractivity contribution in [1.29, 1.82) is 0 Å². The molecule has 2 N–H and O–H groups in total. The molecule has 1 amide bonds. The van der Waals surface area contributed by atoms with Gasteiger partial charge in [0, 0.05) is 44.0 Å². The number of amides is 1. The van der Waals surface area contributed by atoms with E-state index >= 15 is 0 Å². The van der Waals surface area contributed by atoms with Gasteiger partial charge in [-0.25, -0.2) is 0 Å². The van der Waals surface area contributed by atoms with E-state index < -0.39 is 0 Å². The third-order valence-electron chi connectivity index (χ3n) is 3.67. The van der Waals surface area contributed by atoms with Crippen LogP contribution in [0.5, 0.6) is 0 Å². The summed E-state index contributed by atoms with van der Waals surface area (Å²) in [5.41, 5.74) is 3.89. The van der Waals surface area contributed by atoms with Crippen LogP contribution in [-0.4, -0.2) is 23.1 Å². The Kier molecular flexibility index (Phi) is 4.07. The van der Waals surface area contributed by atoms with E-state index in [0.29, 0.717) is 12.5 Å². The van der Waals surface area contributed by atoms with E-state index in [-0.39, 0.29) is 5.91 Å². The minimum Gasteiger partial charge on any atom is -0.353 e. The maximum absolute atomic E-state index is 11.5. The predicted molar refractivity (Wildman–Crippen MR) is 72.4 cm³/mol. The van der Waals surface area contributed by atoms with Crippen LogP contribution in [0.4, 0.5) is 0 Å². The normalized spacial score (nSPS) is 14.8. The Hall–Kier alpha value is -1.29. The molecule has 1 aliphatic carbocycles. The largest absolute Gasteiger partial charge is 0.353 e. The minimum atomic E-state index is 0.172. The van der Waals surface area contributed by atoms with Crippen LogP contribution < -0.4 is 10.6 Å². The molecule has 0 atom stereocenters. The number of carbonyl (C=O) groups is 1. The average Bonchev–Trinajstić information content (AvgIpc) is 3.10. The second kappa shape index (κ2) is 5.57. The van der Waals surface area contributed by atoms with E-state index in [4.69, 9.17) is 0 Å². The van der Waals surface area contributed by atoms with Gasteiger partial charge < -0.3 is 15.2 Å². The molecule has 1 saturated carbocycles. The summed E-state index contributed by atoms with van der Waals surface area (Å²) in [6, 6.07) is 2.67. The first-order valence-corrected chi connectivity index (χ1v) is 6.70. The quantitative estimate of drug-likeness (QED) is 0.749. The van der Waals surface area contributed by atoms with Gasteiger partial charge in [-0.05, 0) is 38.3 Å². The van der Waals surface area contributed by atoms with Gasteiger partial charge in [-0.1, -0.05) is 0 Å². The fourth-order valence-electron chi connectivity index (χ4n) is 2.06. The Morgan fingerprint density at radius 3 is 2.72 bits per heavy atom. The van der Waals surface area contributed by atoms with Gasteiger partial charge in [0.1, 0.15) is 0 Å². The molecule has 0 unspecified atom stereocenters. The molecule has 1 fully saturated rings. The molecule has 0 spiro atoms. The molecule has 0 radical (unpaired) electrons. The highest BCUT2D eigenvalue weighted by Crippen LogP contribution is 2.18. The molecule has 0 aliphatic heterocycles. The van der Waals surface area contributed by atoms with Gasteiger partial charge in [-0.3, -0.25) is 4.79 Å². The molecule has 1 heterocycles. The Morgan fingerprint density at radius 1 is 1.44 bits per heavy atom. The van der Waals surface area contributed by atoms with Crippen molar-refractivity contribution in [3.63, 3.8) is 0 Å². The molecule has 4 heteroatoms. The summed E-state index contributed by atoms with van der Waals surface area (Å²) in [6.45, 7) is 5.82. The van der Waals surface area contributed by atoms with E-state index in [1.165, 1.54) is 17.0 Å². The lowest BCUT2D eigenvalue weighted by Gasteiger charge is -2.06. The molecule has 4 nitrogen and oxygen atoms in total. The molecular weight excluding hydrogens is 226 g/mol. The van der Waals surface area contributed by atoms with Gasteiger partial charge in [0.2, 0.25) is 5.91 Å². The van der Waals surface area contributed by atoms with Crippen LogP contribution in [-0.2, 0) is 18.4 Å². The highest BCUT2D eigenvalue weighted by molar-refractivity contribution is 5.76. The van der Waals surface area contributed by atoms with Gasteiger partial charge in [0.15, 0.2) is 0 Å². The van der Waals surface area contributed by atoms with E-state index in [0.717, 1.165) is 25.9 Å². The van der Waals surface area contributed by atoms with Crippen molar-refractivity contribution >= 4 is 5.91 Å². The Labute approximate surface area is 109 Å². The number of aromatic nitrogens is 1. The fourth-order valence-corrected chi connectivity index (χ4v) is 2.06. The molecule has 0 saturated heterocycles. The van der Waals surface area contributed by atoms with Crippen molar-refractivity contribution in [3.05, 3.63) is 23.0 Å². The zero-order chi connectivity index (χ0) is 13.1. The lowest BCUT2D eigenvalue weighted by Crippen LogP contribution is -2.29. The lowest BCUT2D eigenvalue weighted by molar-refractivity contribution is -0.121. The van der Waals surface area contributed by atoms with Crippen LogP contribution >= 0.6 is 0 Å². The van der Waals surface area contributed by atoms with Crippen molar-refractivity contribution in [2.24, 2.45) is 7.05 Å². The molecule has 2 rings (SSSR count). The molecule has 18 heavy (non-hydrogen) atoms. The smallest absolute Gasteiger partial charge is 0.221 e. The summed E-state index contributed by atoms with van der Waals surface area (Å²) >= 11 is 0. The van der Waals surface area contributed by atoms with E-state index in [1.54, 1.807) is 0 Å². The zero-order valence-electron chi connectivity index (χ0n) is 11.5. The summed E-state index contributed by atoms with van der Waals surface area (Å²) < 4.78 is 2.19. The summed E-state index contributed by atoms with van der Waals surface area (Å²) in [5.74, 6) is 0.172. The second-order valence-corrected chi connectivity index (χ2v) is 5.22. The number of aryl methyl sites for hydroxylation is 1. The maximum Gasteiger partial charge on any atom is 0.221 e. The van der Waals surface area contributed by atoms with Crippen molar-refractivity contribution in [2.45, 2.75) is 45.7 Å². The van der Waals surface area contributed by atoms with E-state index in [2.05, 4.69) is 42.2 Å². The maximum atomic E-state index is 11.5. The standard InChI is InChI=1S/C14H23N3O/c1-10-8-12(11(2)17(10)3)9-15-7-6-14(18)16-13-4-5-13/h8,13,15H,4-7,9H2,1-3H3,(H,16,18). The van der Waals surface area contributed by atoms with Gasteiger partial charge >= 0.3 is 0 Å². The first kappa shape index (κ1) is 13.1. The van der Waals surface area contributed by atoms with Crippen LogP contribution in [0.25, 0.3) is 0 Å². The predicted octanol–water partition coefficient (Wildman–Crippen LogP) is 1.40. The SMILES string of the molecule is Cc1cc(CNCCC(=O)NC2CC2)c(C)n1C. The van der Waals surface area contributed by atoms with Crippen LogP contribution in [0.2, 0.25) is 0 Å². The topological polar surface area (TPSA) is 46.1 Å². The number of nitrogens with zero attached hydrogens (tertiary/aromatic N) is 1. The summed E-state index contributed by atoms with van der Waals surface area (Å²) in [4.78, 5) is 11.5. The van der Waals surface area contributed by atoms with Gasteiger partial charge in [0.25, 0.3) is 0 Å². The number of hydrogen-bond acceptors (Lipinski definition) is 2. The zero-order valence-corrected chi connectivity index (χ0v) is 11.5. The molecule has 1 aromatic rings. The average molecular weight is 249 g/mol. The van der Waals surface area contributed by atoms with Crippen LogP contribution in [0.3, 0.4) is 0 Å². The third kappa shape index (κ3) is 3.35. The van der Waals surface area contributed by atoms with Crippen molar-refractivity contribution in [2.75, 3.05) is 6.54 Å². The highest BCUT2D eigenvalue weighted by Gasteiger charge is 2.22. The number of rotatable bonds is 6. The van der Waals surface area contributed by atoms with Crippen LogP contribution in [0.1, 0.15) is 36.2 Å². The van der Waals surface area contributed by atoms with Crippen molar-refractivity contribution in [1.82, 2.24) is 15.2 Å². The van der Waals surface area contributed by atoms with Crippen LogP contribution in [0, 0.1) is 13.8 Å². The van der Waals surface area contributed by atoms with E-state index in [9.17, 15) is 4.79 Å². The lowest BCUT2D eigenvalue weighted by atomic mass is 10.2. The first-order chi connectivity index (χ1) is 8.58. The highest BCUT2D eigenvalue weighted by atomic mass is 16.1. The van der Waals surface area contributed by atoms with Gasteiger partial charge in [0.05, 0.1) is 0 Å². The Morgan fingerprint density at radius 2 is 2.17 bits per heavy atom. The summed E-state index contributed by atoms with van der Waals surface area (Å²) in [7, 11) is 2.08. The monoisotopic (exact) mass is 249 g/mol. The Balaban J connectivity index is 1.68. The molecule has 0 bridgehead atoms. The molecule has 100 valence electrons. The third-order valence-corrected chi connectivity index (χ3v) is 3.67. The summed E-state index contributed by atoms with van der Waals surface area (Å²) in [5, 5.41) is 6.33. The molecule has 1 aromatic heterocycles. The molecular formula is C14H23N3O. The Bertz CT molecular complexity index is 432. The van der Waals surface area contributed by atoms with E-state index in [1.807, 2.05) is 0 Å². The summed E-state index contributed by atoms with van der Waals surface area (Å²) in [6.07, 6.45) is 2.88. The van der Waals surface area contributed by atoms with Crippen molar-refractivity contribution < 1.29 is 4.79 Å². The molecule has 0 aromatic carbocycles. The number of nitrogens with one attached hydrogen (secondary N) is 2. The first-order valence-electron chi connectivity index (χ1n) is 6.70. The number of carbonyl (C=O) groups excluding carboxylic acids is 1. The van der Waals surface area contributed by atoms with Crippen LogP contribution in [0.15, 0.2) is 6.07 Å².